The molecule has 8 heteroatoms. The lowest BCUT2D eigenvalue weighted by Gasteiger charge is -2.32. The van der Waals surface area contributed by atoms with Crippen LogP contribution >= 0.6 is 0 Å². The number of primary amides is 1. The van der Waals surface area contributed by atoms with Crippen molar-refractivity contribution in [1.29, 1.82) is 0 Å². The summed E-state index contributed by atoms with van der Waals surface area (Å²) in [5.41, 5.74) is 7.34. The molecule has 1 atom stereocenters. The molecule has 1 amide bonds. The fourth-order valence-electron chi connectivity index (χ4n) is 3.99. The van der Waals surface area contributed by atoms with Crippen LogP contribution in [-0.2, 0) is 4.79 Å². The maximum absolute atomic E-state index is 12.1. The van der Waals surface area contributed by atoms with E-state index in [1.165, 1.54) is 0 Å². The molecule has 1 aliphatic rings. The van der Waals surface area contributed by atoms with Crippen molar-refractivity contribution in [2.75, 3.05) is 19.6 Å². The first-order valence-electron chi connectivity index (χ1n) is 10.8. The predicted octanol–water partition coefficient (Wildman–Crippen LogP) is 3.72. The van der Waals surface area contributed by atoms with Crippen LogP contribution in [0.2, 0.25) is 0 Å². The monoisotopic (exact) mass is 446 g/mol. The van der Waals surface area contributed by atoms with E-state index in [4.69, 9.17) is 20.7 Å². The highest BCUT2D eigenvalue weighted by atomic mass is 16.5. The highest BCUT2D eigenvalue weighted by Crippen LogP contribution is 2.29. The second-order valence-corrected chi connectivity index (χ2v) is 7.97. The number of carboxylic acids is 1. The fourth-order valence-corrected chi connectivity index (χ4v) is 3.99. The van der Waals surface area contributed by atoms with Crippen LogP contribution in [0.1, 0.15) is 29.2 Å². The van der Waals surface area contributed by atoms with Gasteiger partial charge >= 0.3 is 5.97 Å². The molecule has 0 spiro atoms. The van der Waals surface area contributed by atoms with Crippen molar-refractivity contribution in [2.45, 2.75) is 18.9 Å². The number of amides is 1. The largest absolute Gasteiger partial charge is 0.478 e. The second kappa shape index (κ2) is 10.1. The van der Waals surface area contributed by atoms with Gasteiger partial charge in [0.2, 0.25) is 0 Å². The number of carbonyl (C=O) groups excluding carboxylic acids is 1. The fraction of sp³-hybridized carbons (Fsp3) is 0.240. The molecular weight excluding hydrogens is 420 g/mol. The quantitative estimate of drug-likeness (QED) is 0.510. The summed E-state index contributed by atoms with van der Waals surface area (Å²) < 4.78 is 7.66. The molecule has 0 saturated carbocycles. The summed E-state index contributed by atoms with van der Waals surface area (Å²) in [6.07, 6.45) is 6.40. The smallest absolute Gasteiger partial charge is 0.328 e. The summed E-state index contributed by atoms with van der Waals surface area (Å²) in [6, 6.07) is 17.0. The Morgan fingerprint density at radius 1 is 1.12 bits per heavy atom. The molecule has 2 heterocycles. The highest BCUT2D eigenvalue weighted by Gasteiger charge is 2.24. The Bertz CT molecular complexity index is 1140. The first-order valence-corrected chi connectivity index (χ1v) is 10.8. The molecule has 1 aliphatic heterocycles. The number of para-hydroxylation sites is 1. The number of benzene rings is 2. The molecule has 3 aromatic rings. The molecule has 4 rings (SSSR count). The van der Waals surface area contributed by atoms with Crippen molar-refractivity contribution in [3.63, 3.8) is 0 Å². The molecule has 0 unspecified atom stereocenters. The summed E-state index contributed by atoms with van der Waals surface area (Å²) >= 11 is 0. The number of carbonyl (C=O) groups is 2. The van der Waals surface area contributed by atoms with Crippen LogP contribution in [0.25, 0.3) is 11.3 Å². The van der Waals surface area contributed by atoms with Gasteiger partial charge in [-0.1, -0.05) is 24.3 Å². The van der Waals surface area contributed by atoms with E-state index in [9.17, 15) is 9.59 Å². The minimum Gasteiger partial charge on any atom is -0.478 e. The van der Waals surface area contributed by atoms with Gasteiger partial charge in [0, 0.05) is 30.9 Å². The van der Waals surface area contributed by atoms with E-state index in [0.29, 0.717) is 30.1 Å². The molecule has 1 saturated heterocycles. The first-order chi connectivity index (χ1) is 16.0. The Morgan fingerprint density at radius 3 is 2.55 bits per heavy atom. The third kappa shape index (κ3) is 5.67. The van der Waals surface area contributed by atoms with Crippen molar-refractivity contribution < 1.29 is 19.4 Å². The van der Waals surface area contributed by atoms with Crippen LogP contribution in [0.4, 0.5) is 0 Å². The SMILES string of the molecule is NC(=O)c1cn([C@@H]2CCCN(CC=CC(=O)O)C2)nc1-c1ccc(Oc2ccccc2)cc1. The molecule has 1 fully saturated rings. The summed E-state index contributed by atoms with van der Waals surface area (Å²) in [5, 5.41) is 13.5. The lowest BCUT2D eigenvalue weighted by Crippen LogP contribution is -2.36. The minimum atomic E-state index is -0.952. The van der Waals surface area contributed by atoms with Crippen molar-refractivity contribution in [2.24, 2.45) is 5.73 Å². The molecule has 33 heavy (non-hydrogen) atoms. The van der Waals surface area contributed by atoms with Gasteiger partial charge in [0.05, 0.1) is 11.6 Å². The van der Waals surface area contributed by atoms with Crippen molar-refractivity contribution in [1.82, 2.24) is 14.7 Å². The minimum absolute atomic E-state index is 0.0736. The van der Waals surface area contributed by atoms with Gasteiger partial charge in [-0.2, -0.15) is 5.10 Å². The zero-order chi connectivity index (χ0) is 23.2. The highest BCUT2D eigenvalue weighted by molar-refractivity contribution is 5.98. The number of nitrogens with zero attached hydrogens (tertiary/aromatic N) is 3. The predicted molar refractivity (Wildman–Crippen MR) is 124 cm³/mol. The molecular formula is C25H26N4O4. The Kier molecular flexibility index (Phi) is 6.85. The van der Waals surface area contributed by atoms with Gasteiger partial charge in [-0.05, 0) is 55.8 Å². The van der Waals surface area contributed by atoms with Crippen LogP contribution < -0.4 is 10.5 Å². The molecule has 0 radical (unpaired) electrons. The summed E-state index contributed by atoms with van der Waals surface area (Å²) in [6.45, 7) is 2.16. The Hall–Kier alpha value is -3.91. The lowest BCUT2D eigenvalue weighted by molar-refractivity contribution is -0.131. The number of carboxylic acid groups (broad SMARTS) is 1. The number of piperidine rings is 1. The van der Waals surface area contributed by atoms with Gasteiger partial charge in [0.15, 0.2) is 0 Å². The van der Waals surface area contributed by atoms with E-state index < -0.39 is 11.9 Å². The van der Waals surface area contributed by atoms with E-state index >= 15 is 0 Å². The number of hydrogen-bond donors (Lipinski definition) is 2. The van der Waals surface area contributed by atoms with E-state index in [1.54, 1.807) is 12.3 Å². The maximum atomic E-state index is 12.1. The second-order valence-electron chi connectivity index (χ2n) is 7.97. The number of aromatic nitrogens is 2. The molecule has 8 nitrogen and oxygen atoms in total. The van der Waals surface area contributed by atoms with Crippen molar-refractivity contribution in [3.05, 3.63) is 78.5 Å². The standard InChI is InChI=1S/C25H26N4O4/c26-25(32)22-17-29(19-6-4-14-28(16-19)15-5-9-23(30)31)27-24(22)18-10-12-21(13-11-18)33-20-7-2-1-3-8-20/h1-3,5,7-13,17,19H,4,6,14-16H2,(H2,26,32)(H,30,31)/t19-/m1/s1. The summed E-state index contributed by atoms with van der Waals surface area (Å²) in [5.74, 6) is -0.0563. The Balaban J connectivity index is 1.52. The van der Waals surface area contributed by atoms with Crippen LogP contribution in [0.15, 0.2) is 72.9 Å². The third-order valence-corrected chi connectivity index (χ3v) is 5.58. The van der Waals surface area contributed by atoms with Crippen LogP contribution in [0.3, 0.4) is 0 Å². The topological polar surface area (TPSA) is 111 Å². The molecule has 0 bridgehead atoms. The van der Waals surface area contributed by atoms with Gasteiger partial charge in [0.25, 0.3) is 5.91 Å². The Labute approximate surface area is 191 Å². The Morgan fingerprint density at radius 2 is 1.85 bits per heavy atom. The third-order valence-electron chi connectivity index (χ3n) is 5.58. The van der Waals surface area contributed by atoms with E-state index in [2.05, 4.69) is 4.90 Å². The normalized spacial score (nSPS) is 16.7. The molecule has 3 N–H and O–H groups in total. The maximum Gasteiger partial charge on any atom is 0.328 e. The summed E-state index contributed by atoms with van der Waals surface area (Å²) in [7, 11) is 0. The summed E-state index contributed by atoms with van der Waals surface area (Å²) in [4.78, 5) is 25.0. The van der Waals surface area contributed by atoms with E-state index in [0.717, 1.165) is 36.8 Å². The number of hydrogen-bond acceptors (Lipinski definition) is 5. The van der Waals surface area contributed by atoms with Crippen LogP contribution in [0, 0.1) is 0 Å². The number of rotatable bonds is 8. The lowest BCUT2D eigenvalue weighted by atomic mass is 10.1. The zero-order valence-electron chi connectivity index (χ0n) is 18.1. The number of likely N-dealkylation sites (tertiary alicyclic amines) is 1. The first kappa shape index (κ1) is 22.3. The number of nitrogens with two attached hydrogens (primary N) is 1. The van der Waals surface area contributed by atoms with Gasteiger partial charge < -0.3 is 15.6 Å². The molecule has 1 aromatic heterocycles. The average molecular weight is 447 g/mol. The van der Waals surface area contributed by atoms with Crippen molar-refractivity contribution >= 4 is 11.9 Å². The number of aliphatic carboxylic acids is 1. The van der Waals surface area contributed by atoms with Gasteiger partial charge in [-0.3, -0.25) is 14.4 Å². The molecule has 2 aromatic carbocycles. The number of ether oxygens (including phenoxy) is 1. The van der Waals surface area contributed by atoms with Gasteiger partial charge in [-0.15, -0.1) is 0 Å². The van der Waals surface area contributed by atoms with Crippen LogP contribution in [0.5, 0.6) is 11.5 Å². The van der Waals surface area contributed by atoms with Gasteiger partial charge in [0.1, 0.15) is 17.2 Å². The zero-order valence-corrected chi connectivity index (χ0v) is 18.1. The van der Waals surface area contributed by atoms with Crippen LogP contribution in [-0.4, -0.2) is 51.3 Å². The van der Waals surface area contributed by atoms with E-state index in [-0.39, 0.29) is 6.04 Å². The van der Waals surface area contributed by atoms with E-state index in [1.807, 2.05) is 59.3 Å². The molecule has 170 valence electrons. The average Bonchev–Trinajstić information content (AvgIpc) is 3.26. The van der Waals surface area contributed by atoms with Gasteiger partial charge in [-0.25, -0.2) is 4.79 Å². The van der Waals surface area contributed by atoms with Crippen molar-refractivity contribution in [3.8, 4) is 22.8 Å². The molecule has 0 aliphatic carbocycles.